The summed E-state index contributed by atoms with van der Waals surface area (Å²) in [6.07, 6.45) is 1.64. The Hall–Kier alpha value is -3.54. The van der Waals surface area contributed by atoms with Crippen LogP contribution in [0.3, 0.4) is 0 Å². The topological polar surface area (TPSA) is 86.5 Å². The van der Waals surface area contributed by atoms with Crippen LogP contribution >= 0.6 is 0 Å². The minimum atomic E-state index is -0.268. The highest BCUT2D eigenvalue weighted by Gasteiger charge is 2.10. The van der Waals surface area contributed by atoms with Crippen LogP contribution in [0.2, 0.25) is 0 Å². The lowest BCUT2D eigenvalue weighted by atomic mass is 10.2. The zero-order valence-corrected chi connectivity index (χ0v) is 15.9. The van der Waals surface area contributed by atoms with Crippen molar-refractivity contribution in [2.75, 3.05) is 5.73 Å². The van der Waals surface area contributed by atoms with Crippen molar-refractivity contribution in [3.8, 4) is 17.2 Å². The van der Waals surface area contributed by atoms with Crippen molar-refractivity contribution in [3.05, 3.63) is 78.0 Å². The van der Waals surface area contributed by atoms with Crippen molar-refractivity contribution in [1.82, 2.24) is 10.3 Å². The molecule has 28 heavy (non-hydrogen) atoms. The maximum atomic E-state index is 12.3. The quantitative estimate of drug-likeness (QED) is 0.645. The highest BCUT2D eigenvalue weighted by molar-refractivity contribution is 5.98. The number of rotatable bonds is 7. The first-order valence-corrected chi connectivity index (χ1v) is 9.03. The van der Waals surface area contributed by atoms with E-state index in [1.165, 1.54) is 0 Å². The Morgan fingerprint density at radius 3 is 2.50 bits per heavy atom. The predicted molar refractivity (Wildman–Crippen MR) is 109 cm³/mol. The highest BCUT2D eigenvalue weighted by atomic mass is 16.5. The molecule has 0 radical (unpaired) electrons. The lowest BCUT2D eigenvalue weighted by Crippen LogP contribution is -2.24. The normalized spacial score (nSPS) is 10.5. The molecule has 1 aromatic heterocycles. The second-order valence-corrected chi connectivity index (χ2v) is 6.51. The zero-order chi connectivity index (χ0) is 19.9. The molecule has 0 fully saturated rings. The van der Waals surface area contributed by atoms with E-state index >= 15 is 0 Å². The fourth-order valence-electron chi connectivity index (χ4n) is 2.63. The number of hydrogen-bond acceptors (Lipinski definition) is 5. The Morgan fingerprint density at radius 2 is 1.75 bits per heavy atom. The van der Waals surface area contributed by atoms with Gasteiger partial charge in [0, 0.05) is 18.8 Å². The second kappa shape index (κ2) is 8.90. The van der Waals surface area contributed by atoms with Crippen LogP contribution in [0, 0.1) is 0 Å². The molecule has 0 aliphatic carbocycles. The molecule has 2 aromatic carbocycles. The van der Waals surface area contributed by atoms with Gasteiger partial charge in [-0.1, -0.05) is 18.2 Å². The molecule has 144 valence electrons. The maximum absolute atomic E-state index is 12.3. The first-order chi connectivity index (χ1) is 13.5. The number of aromatic nitrogens is 1. The molecule has 1 amide bonds. The molecular formula is C22H23N3O3. The van der Waals surface area contributed by atoms with E-state index < -0.39 is 0 Å². The van der Waals surface area contributed by atoms with Gasteiger partial charge in [-0.05, 0) is 55.8 Å². The molecule has 0 unspecified atom stereocenters. The summed E-state index contributed by atoms with van der Waals surface area (Å²) in [6.45, 7) is 4.30. The standard InChI is InChI=1S/C22H23N3O3/c1-15(2)27-18-8-4-9-19(13-18)28-17-7-3-6-16(12-17)14-25-22(26)20-10-5-11-24-21(20)23/h3-13,15H,14H2,1-2H3,(H2,23,24)(H,25,26). The lowest BCUT2D eigenvalue weighted by Gasteiger charge is -2.12. The van der Waals surface area contributed by atoms with Crippen molar-refractivity contribution >= 4 is 11.7 Å². The van der Waals surface area contributed by atoms with Gasteiger partial charge in [0.15, 0.2) is 0 Å². The van der Waals surface area contributed by atoms with Crippen LogP contribution in [0.4, 0.5) is 5.82 Å². The molecule has 0 saturated heterocycles. The van der Waals surface area contributed by atoms with Gasteiger partial charge in [0.25, 0.3) is 5.91 Å². The SMILES string of the molecule is CC(C)Oc1cccc(Oc2cccc(CNC(=O)c3cccnc3N)c2)c1. The third-order valence-electron chi connectivity index (χ3n) is 3.85. The van der Waals surface area contributed by atoms with Crippen LogP contribution in [0.25, 0.3) is 0 Å². The van der Waals surface area contributed by atoms with Gasteiger partial charge in [0.2, 0.25) is 0 Å². The minimum absolute atomic E-state index is 0.0936. The molecule has 1 heterocycles. The maximum Gasteiger partial charge on any atom is 0.255 e. The average molecular weight is 377 g/mol. The monoisotopic (exact) mass is 377 g/mol. The predicted octanol–water partition coefficient (Wildman–Crippen LogP) is 4.17. The van der Waals surface area contributed by atoms with Crippen molar-refractivity contribution in [2.45, 2.75) is 26.5 Å². The van der Waals surface area contributed by atoms with Crippen LogP contribution < -0.4 is 20.5 Å². The third-order valence-corrected chi connectivity index (χ3v) is 3.85. The van der Waals surface area contributed by atoms with Gasteiger partial charge in [-0.15, -0.1) is 0 Å². The number of ether oxygens (including phenoxy) is 2. The summed E-state index contributed by atoms with van der Waals surface area (Å²) in [4.78, 5) is 16.2. The van der Waals surface area contributed by atoms with E-state index in [2.05, 4.69) is 10.3 Å². The smallest absolute Gasteiger partial charge is 0.255 e. The van der Waals surface area contributed by atoms with E-state index in [4.69, 9.17) is 15.2 Å². The Kier molecular flexibility index (Phi) is 6.11. The van der Waals surface area contributed by atoms with Crippen molar-refractivity contribution in [2.24, 2.45) is 0 Å². The molecule has 0 spiro atoms. The van der Waals surface area contributed by atoms with Crippen LogP contribution in [0.15, 0.2) is 66.9 Å². The summed E-state index contributed by atoms with van der Waals surface area (Å²) >= 11 is 0. The highest BCUT2D eigenvalue weighted by Crippen LogP contribution is 2.26. The Bertz CT molecular complexity index is 957. The van der Waals surface area contributed by atoms with Gasteiger partial charge in [-0.2, -0.15) is 0 Å². The Balaban J connectivity index is 1.64. The molecule has 6 nitrogen and oxygen atoms in total. The summed E-state index contributed by atoms with van der Waals surface area (Å²) in [5, 5.41) is 2.84. The fraction of sp³-hybridized carbons (Fsp3) is 0.182. The fourth-order valence-corrected chi connectivity index (χ4v) is 2.63. The number of hydrogen-bond donors (Lipinski definition) is 2. The molecule has 6 heteroatoms. The van der Waals surface area contributed by atoms with Gasteiger partial charge in [-0.25, -0.2) is 4.98 Å². The van der Waals surface area contributed by atoms with E-state index in [1.54, 1.807) is 18.3 Å². The van der Waals surface area contributed by atoms with Crippen LogP contribution in [-0.4, -0.2) is 17.0 Å². The van der Waals surface area contributed by atoms with Gasteiger partial charge < -0.3 is 20.5 Å². The molecule has 3 N–H and O–H groups in total. The first-order valence-electron chi connectivity index (χ1n) is 9.03. The molecule has 3 aromatic rings. The lowest BCUT2D eigenvalue weighted by molar-refractivity contribution is 0.0951. The largest absolute Gasteiger partial charge is 0.491 e. The molecule has 3 rings (SSSR count). The zero-order valence-electron chi connectivity index (χ0n) is 15.9. The van der Waals surface area contributed by atoms with E-state index in [-0.39, 0.29) is 17.8 Å². The van der Waals surface area contributed by atoms with Crippen molar-refractivity contribution < 1.29 is 14.3 Å². The molecular weight excluding hydrogens is 354 g/mol. The molecule has 0 bridgehead atoms. The molecule has 0 saturated carbocycles. The van der Waals surface area contributed by atoms with Gasteiger partial charge in [0.05, 0.1) is 11.7 Å². The van der Waals surface area contributed by atoms with Crippen molar-refractivity contribution in [3.63, 3.8) is 0 Å². The van der Waals surface area contributed by atoms with Gasteiger partial charge in [0.1, 0.15) is 23.1 Å². The molecule has 0 aliphatic heterocycles. The van der Waals surface area contributed by atoms with Crippen LogP contribution in [-0.2, 0) is 6.54 Å². The Morgan fingerprint density at radius 1 is 1.04 bits per heavy atom. The number of amides is 1. The summed E-state index contributed by atoms with van der Waals surface area (Å²) in [7, 11) is 0. The number of nitrogen functional groups attached to an aromatic ring is 1. The number of nitrogens with one attached hydrogen (secondary N) is 1. The van der Waals surface area contributed by atoms with Crippen molar-refractivity contribution in [1.29, 1.82) is 0 Å². The Labute approximate surface area is 164 Å². The minimum Gasteiger partial charge on any atom is -0.491 e. The molecule has 0 aliphatic rings. The number of nitrogens with zero attached hydrogens (tertiary/aromatic N) is 1. The number of pyridine rings is 1. The summed E-state index contributed by atoms with van der Waals surface area (Å²) < 4.78 is 11.6. The molecule has 0 atom stereocenters. The average Bonchev–Trinajstić information content (AvgIpc) is 2.66. The number of carbonyl (C=O) groups excluding carboxylic acids is 1. The van der Waals surface area contributed by atoms with Gasteiger partial charge >= 0.3 is 0 Å². The number of carbonyl (C=O) groups is 1. The summed E-state index contributed by atoms with van der Waals surface area (Å²) in [5.74, 6) is 2.05. The first kappa shape index (κ1) is 19.2. The second-order valence-electron chi connectivity index (χ2n) is 6.51. The van der Waals surface area contributed by atoms with E-state index in [0.29, 0.717) is 23.6 Å². The van der Waals surface area contributed by atoms with E-state index in [9.17, 15) is 4.79 Å². The number of nitrogens with two attached hydrogens (primary N) is 1. The van der Waals surface area contributed by atoms with E-state index in [1.807, 2.05) is 62.4 Å². The van der Waals surface area contributed by atoms with E-state index in [0.717, 1.165) is 11.3 Å². The summed E-state index contributed by atoms with van der Waals surface area (Å²) in [6, 6.07) is 18.3. The van der Waals surface area contributed by atoms with Crippen LogP contribution in [0.1, 0.15) is 29.8 Å². The van der Waals surface area contributed by atoms with Gasteiger partial charge in [-0.3, -0.25) is 4.79 Å². The summed E-state index contributed by atoms with van der Waals surface area (Å²) in [5.41, 5.74) is 7.00. The number of benzene rings is 2. The van der Waals surface area contributed by atoms with Crippen LogP contribution in [0.5, 0.6) is 17.2 Å². The third kappa shape index (κ3) is 5.23. The number of anilines is 1.